The lowest BCUT2D eigenvalue weighted by Gasteiger charge is -2.40. The van der Waals surface area contributed by atoms with Gasteiger partial charge in [-0.3, -0.25) is 4.79 Å². The Morgan fingerprint density at radius 1 is 0.708 bits per heavy atom. The zero-order valence-electron chi connectivity index (χ0n) is 30.8. The highest BCUT2D eigenvalue weighted by Crippen LogP contribution is 2.23. The first-order valence-corrected chi connectivity index (χ1v) is 19.7. The molecule has 0 aromatic rings. The third-order valence-corrected chi connectivity index (χ3v) is 10.1. The van der Waals surface area contributed by atoms with Crippen LogP contribution in [0.1, 0.15) is 168 Å². The molecule has 1 rings (SSSR count). The van der Waals surface area contributed by atoms with Gasteiger partial charge in [-0.05, 0) is 18.8 Å². The van der Waals surface area contributed by atoms with E-state index in [1.807, 2.05) is 0 Å². The van der Waals surface area contributed by atoms with Crippen LogP contribution in [0.4, 0.5) is 0 Å². The number of rotatable bonds is 31. The van der Waals surface area contributed by atoms with Crippen molar-refractivity contribution in [3.05, 3.63) is 0 Å². The quantitative estimate of drug-likeness (QED) is 0.0455. The molecule has 1 amide bonds. The molecule has 1 fully saturated rings. The molecule has 0 spiro atoms. The number of amides is 1. The Morgan fingerprint density at radius 3 is 1.73 bits per heavy atom. The number of carbonyl (C=O) groups is 1. The molecule has 48 heavy (non-hydrogen) atoms. The molecule has 1 saturated heterocycles. The summed E-state index contributed by atoms with van der Waals surface area (Å²) < 4.78 is 11.1. The second-order valence-electron chi connectivity index (χ2n) is 14.5. The van der Waals surface area contributed by atoms with Crippen molar-refractivity contribution in [1.82, 2.24) is 5.32 Å². The summed E-state index contributed by atoms with van der Waals surface area (Å²) in [5.74, 6) is 0.512. The average molecular weight is 690 g/mol. The maximum atomic E-state index is 12.9. The molecule has 0 aromatic carbocycles. The van der Waals surface area contributed by atoms with Gasteiger partial charge in [-0.2, -0.15) is 0 Å². The summed E-state index contributed by atoms with van der Waals surface area (Å²) in [5, 5.41) is 64.8. The minimum atomic E-state index is -1.60. The summed E-state index contributed by atoms with van der Waals surface area (Å²) in [6, 6.07) is -0.984. The van der Waals surface area contributed by atoms with Gasteiger partial charge in [0.15, 0.2) is 6.29 Å². The molecule has 0 aliphatic carbocycles. The molecule has 1 aliphatic heterocycles. The van der Waals surface area contributed by atoms with Gasteiger partial charge < -0.3 is 45.4 Å². The van der Waals surface area contributed by atoms with Crippen LogP contribution >= 0.6 is 0 Å². The van der Waals surface area contributed by atoms with Gasteiger partial charge in [0.05, 0.1) is 25.4 Å². The van der Waals surface area contributed by atoms with Crippen LogP contribution in [0, 0.1) is 5.92 Å². The third-order valence-electron chi connectivity index (χ3n) is 10.1. The molecule has 0 saturated carbocycles. The van der Waals surface area contributed by atoms with Gasteiger partial charge in [-0.15, -0.1) is 0 Å². The molecule has 10 nitrogen and oxygen atoms in total. The first-order chi connectivity index (χ1) is 23.2. The van der Waals surface area contributed by atoms with E-state index in [-0.39, 0.29) is 18.9 Å². The zero-order valence-corrected chi connectivity index (χ0v) is 30.8. The molecule has 0 radical (unpaired) electrons. The van der Waals surface area contributed by atoms with Crippen LogP contribution in [0.15, 0.2) is 0 Å². The fraction of sp³-hybridized carbons (Fsp3) is 0.974. The Morgan fingerprint density at radius 2 is 1.21 bits per heavy atom. The predicted molar refractivity (Wildman–Crippen MR) is 190 cm³/mol. The van der Waals surface area contributed by atoms with E-state index in [0.717, 1.165) is 57.3 Å². The minimum Gasteiger partial charge on any atom is -0.394 e. The number of unbranched alkanes of at least 4 members (excludes halogenated alkanes) is 17. The van der Waals surface area contributed by atoms with E-state index in [0.29, 0.717) is 6.42 Å². The summed E-state index contributed by atoms with van der Waals surface area (Å²) in [6.45, 7) is 5.86. The van der Waals surface area contributed by atoms with Gasteiger partial charge in [0.1, 0.15) is 30.5 Å². The molecular weight excluding hydrogens is 614 g/mol. The zero-order chi connectivity index (χ0) is 35.6. The Hall–Kier alpha value is -0.850. The third kappa shape index (κ3) is 20.1. The smallest absolute Gasteiger partial charge is 0.220 e. The largest absolute Gasteiger partial charge is 0.394 e. The summed E-state index contributed by atoms with van der Waals surface area (Å²) >= 11 is 0. The summed E-state index contributed by atoms with van der Waals surface area (Å²) in [4.78, 5) is 12.9. The average Bonchev–Trinajstić information content (AvgIpc) is 3.08. The first kappa shape index (κ1) is 45.2. The van der Waals surface area contributed by atoms with Crippen LogP contribution in [0.5, 0.6) is 0 Å². The molecule has 1 unspecified atom stereocenters. The van der Waals surface area contributed by atoms with E-state index in [4.69, 9.17) is 9.47 Å². The monoisotopic (exact) mass is 690 g/mol. The second kappa shape index (κ2) is 28.8. The van der Waals surface area contributed by atoms with Gasteiger partial charge in [-0.25, -0.2) is 0 Å². The van der Waals surface area contributed by atoms with Crippen molar-refractivity contribution in [3.63, 3.8) is 0 Å². The van der Waals surface area contributed by atoms with Crippen molar-refractivity contribution in [3.8, 4) is 0 Å². The molecular formula is C38H75NO9. The van der Waals surface area contributed by atoms with Crippen LogP contribution in [0.2, 0.25) is 0 Å². The van der Waals surface area contributed by atoms with Gasteiger partial charge in [0, 0.05) is 6.42 Å². The number of aliphatic hydroxyl groups is 6. The molecule has 10 heteroatoms. The lowest BCUT2D eigenvalue weighted by atomic mass is 9.97. The van der Waals surface area contributed by atoms with Gasteiger partial charge in [-0.1, -0.05) is 149 Å². The Labute approximate surface area is 292 Å². The van der Waals surface area contributed by atoms with Crippen LogP contribution in [0.25, 0.3) is 0 Å². The number of hydrogen-bond donors (Lipinski definition) is 7. The number of carbonyl (C=O) groups excluding carboxylic acids is 1. The molecule has 1 aliphatic rings. The van der Waals surface area contributed by atoms with E-state index in [1.54, 1.807) is 0 Å². The number of ether oxygens (including phenoxy) is 2. The van der Waals surface area contributed by atoms with Crippen molar-refractivity contribution in [1.29, 1.82) is 0 Å². The lowest BCUT2D eigenvalue weighted by Crippen LogP contribution is -2.60. The molecule has 0 aromatic heterocycles. The lowest BCUT2D eigenvalue weighted by molar-refractivity contribution is -0.303. The highest BCUT2D eigenvalue weighted by molar-refractivity contribution is 5.76. The van der Waals surface area contributed by atoms with Crippen LogP contribution in [-0.2, 0) is 14.3 Å². The molecule has 7 N–H and O–H groups in total. The standard InChI is InChI=1S/C38H75NO9/c1-4-6-7-8-9-10-11-12-13-14-15-20-23-26-33(42)39-30(28-47-38-37(46)36(45)35(44)32(27-40)48-38)34(43)31(41)25-22-19-17-16-18-21-24-29(3)5-2/h29-32,34-38,40-41,43-46H,4-28H2,1-3H3,(H,39,42)/t29?,30-,31+,32+,34-,35-,36-,37+,38+/m0/s1. The summed E-state index contributed by atoms with van der Waals surface area (Å²) in [6.07, 6.45) is 15.5. The van der Waals surface area contributed by atoms with Crippen molar-refractivity contribution in [2.24, 2.45) is 5.92 Å². The van der Waals surface area contributed by atoms with Crippen molar-refractivity contribution in [2.75, 3.05) is 13.2 Å². The van der Waals surface area contributed by atoms with E-state index < -0.39 is 55.6 Å². The van der Waals surface area contributed by atoms with Crippen LogP contribution < -0.4 is 5.32 Å². The number of hydrogen-bond acceptors (Lipinski definition) is 9. The SMILES string of the molecule is CCCCCCCCCCCCCCCC(=O)N[C@@H](CO[C@@H]1O[C@H](CO)[C@H](O)[C@H](O)[C@H]1O)[C@H](O)[C@H](O)CCCCCCCCC(C)CC. The van der Waals surface area contributed by atoms with E-state index in [2.05, 4.69) is 26.1 Å². The minimum absolute atomic E-state index is 0.260. The van der Waals surface area contributed by atoms with Crippen molar-refractivity contribution in [2.45, 2.75) is 217 Å². The molecule has 0 bridgehead atoms. The maximum absolute atomic E-state index is 12.9. The molecule has 9 atom stereocenters. The second-order valence-corrected chi connectivity index (χ2v) is 14.5. The maximum Gasteiger partial charge on any atom is 0.220 e. The van der Waals surface area contributed by atoms with Gasteiger partial charge in [0.25, 0.3) is 0 Å². The molecule has 286 valence electrons. The van der Waals surface area contributed by atoms with Gasteiger partial charge in [0.2, 0.25) is 5.91 Å². The summed E-state index contributed by atoms with van der Waals surface area (Å²) in [7, 11) is 0. The Balaban J connectivity index is 2.49. The van der Waals surface area contributed by atoms with E-state index in [9.17, 15) is 35.4 Å². The van der Waals surface area contributed by atoms with E-state index >= 15 is 0 Å². The normalized spacial score (nSPS) is 23.9. The first-order valence-electron chi connectivity index (χ1n) is 19.7. The Bertz CT molecular complexity index is 758. The highest BCUT2D eigenvalue weighted by atomic mass is 16.7. The predicted octanol–water partition coefficient (Wildman–Crippen LogP) is 5.66. The number of nitrogens with one attached hydrogen (secondary N) is 1. The highest BCUT2D eigenvalue weighted by Gasteiger charge is 2.44. The Kier molecular flexibility index (Phi) is 27.1. The molecule has 1 heterocycles. The van der Waals surface area contributed by atoms with Crippen molar-refractivity contribution >= 4 is 5.91 Å². The topological polar surface area (TPSA) is 169 Å². The van der Waals surface area contributed by atoms with E-state index in [1.165, 1.54) is 83.5 Å². The fourth-order valence-corrected chi connectivity index (χ4v) is 6.41. The number of aliphatic hydroxyl groups excluding tert-OH is 6. The van der Waals surface area contributed by atoms with Crippen LogP contribution in [-0.4, -0.2) is 98.7 Å². The summed E-state index contributed by atoms with van der Waals surface area (Å²) in [5.41, 5.74) is 0. The van der Waals surface area contributed by atoms with Crippen molar-refractivity contribution < 1.29 is 44.9 Å². The van der Waals surface area contributed by atoms with Gasteiger partial charge >= 0.3 is 0 Å². The fourth-order valence-electron chi connectivity index (χ4n) is 6.41. The van der Waals surface area contributed by atoms with Crippen LogP contribution in [0.3, 0.4) is 0 Å².